The first-order valence-electron chi connectivity index (χ1n) is 9.31. The molecule has 168 valence electrons. The van der Waals surface area contributed by atoms with E-state index in [1.165, 1.54) is 50.6 Å². The molecule has 0 aromatic heterocycles. The van der Waals surface area contributed by atoms with Crippen LogP contribution in [-0.4, -0.2) is 35.1 Å². The zero-order valence-electron chi connectivity index (χ0n) is 17.2. The molecule has 0 atom stereocenters. The van der Waals surface area contributed by atoms with Gasteiger partial charge in [0.05, 0.1) is 30.5 Å². The predicted molar refractivity (Wildman–Crippen MR) is 123 cm³/mol. The molecule has 3 aromatic carbocycles. The highest BCUT2D eigenvalue weighted by molar-refractivity contribution is 9.10. The molecule has 0 heterocycles. The zero-order chi connectivity index (χ0) is 23.3. The molecule has 0 bridgehead atoms. The van der Waals surface area contributed by atoms with Gasteiger partial charge in [0.25, 0.3) is 10.0 Å². The Morgan fingerprint density at radius 1 is 1.00 bits per heavy atom. The highest BCUT2D eigenvalue weighted by Gasteiger charge is 2.30. The first-order chi connectivity index (χ1) is 15.3. The lowest BCUT2D eigenvalue weighted by atomic mass is 10.3. The van der Waals surface area contributed by atoms with Crippen molar-refractivity contribution in [2.75, 3.05) is 30.4 Å². The highest BCUT2D eigenvalue weighted by Crippen LogP contribution is 2.33. The molecular formula is C22H20BrFN2O5S. The van der Waals surface area contributed by atoms with E-state index in [9.17, 15) is 17.6 Å². The summed E-state index contributed by atoms with van der Waals surface area (Å²) in [7, 11) is -1.56. The number of hydrogen-bond acceptors (Lipinski definition) is 5. The molecule has 1 N–H and O–H groups in total. The number of sulfonamides is 1. The number of ether oxygens (including phenoxy) is 2. The van der Waals surface area contributed by atoms with Gasteiger partial charge in [-0.1, -0.05) is 24.3 Å². The average Bonchev–Trinajstić information content (AvgIpc) is 2.79. The molecule has 0 spiro atoms. The van der Waals surface area contributed by atoms with E-state index in [2.05, 4.69) is 21.2 Å². The van der Waals surface area contributed by atoms with Crippen molar-refractivity contribution in [3.63, 3.8) is 0 Å². The summed E-state index contributed by atoms with van der Waals surface area (Å²) in [4.78, 5) is 12.6. The van der Waals surface area contributed by atoms with E-state index in [-0.39, 0.29) is 16.3 Å². The first kappa shape index (κ1) is 23.6. The SMILES string of the molecule is COc1ccc(S(=O)(=O)N(CC(=O)Nc2ccccc2Br)c2ccccc2F)cc1OC. The van der Waals surface area contributed by atoms with Gasteiger partial charge in [0.2, 0.25) is 5.91 Å². The van der Waals surface area contributed by atoms with Gasteiger partial charge in [0.1, 0.15) is 12.4 Å². The quantitative estimate of drug-likeness (QED) is 0.472. The lowest BCUT2D eigenvalue weighted by molar-refractivity contribution is -0.114. The van der Waals surface area contributed by atoms with Crippen LogP contribution in [0.15, 0.2) is 76.1 Å². The molecule has 3 aromatic rings. The van der Waals surface area contributed by atoms with Crippen molar-refractivity contribution < 1.29 is 27.1 Å². The second kappa shape index (κ2) is 10.0. The van der Waals surface area contributed by atoms with E-state index < -0.39 is 28.3 Å². The van der Waals surface area contributed by atoms with E-state index in [0.717, 1.165) is 10.4 Å². The Hall–Kier alpha value is -3.11. The Bertz CT molecular complexity index is 1240. The third-order valence-electron chi connectivity index (χ3n) is 4.50. The van der Waals surface area contributed by atoms with Crippen LogP contribution in [-0.2, 0) is 14.8 Å². The van der Waals surface area contributed by atoms with Crippen LogP contribution in [0.4, 0.5) is 15.8 Å². The number of nitrogens with one attached hydrogen (secondary N) is 1. The highest BCUT2D eigenvalue weighted by atomic mass is 79.9. The topological polar surface area (TPSA) is 84.9 Å². The van der Waals surface area contributed by atoms with Crippen LogP contribution < -0.4 is 19.1 Å². The van der Waals surface area contributed by atoms with E-state index in [1.54, 1.807) is 24.3 Å². The molecule has 32 heavy (non-hydrogen) atoms. The number of carbonyl (C=O) groups is 1. The lowest BCUT2D eigenvalue weighted by Gasteiger charge is -2.25. The van der Waals surface area contributed by atoms with Crippen LogP contribution in [0.2, 0.25) is 0 Å². The summed E-state index contributed by atoms with van der Waals surface area (Å²) in [6, 6.07) is 16.2. The second-order valence-electron chi connectivity index (χ2n) is 6.51. The van der Waals surface area contributed by atoms with Crippen molar-refractivity contribution in [2.24, 2.45) is 0 Å². The van der Waals surface area contributed by atoms with Gasteiger partial charge < -0.3 is 14.8 Å². The third kappa shape index (κ3) is 5.03. The number of hydrogen-bond donors (Lipinski definition) is 1. The summed E-state index contributed by atoms with van der Waals surface area (Å²) in [5.41, 5.74) is 0.194. The number of para-hydroxylation sites is 2. The van der Waals surface area contributed by atoms with Gasteiger partial charge in [0.15, 0.2) is 11.5 Å². The van der Waals surface area contributed by atoms with Gasteiger partial charge in [-0.05, 0) is 52.3 Å². The molecule has 7 nitrogen and oxygen atoms in total. The monoisotopic (exact) mass is 522 g/mol. The molecule has 3 rings (SSSR count). The minimum atomic E-state index is -4.35. The smallest absolute Gasteiger partial charge is 0.265 e. The summed E-state index contributed by atoms with van der Waals surface area (Å²) < 4.78 is 53.2. The Labute approximate surface area is 193 Å². The van der Waals surface area contributed by atoms with Crippen LogP contribution in [0.5, 0.6) is 11.5 Å². The fourth-order valence-electron chi connectivity index (χ4n) is 2.94. The number of anilines is 2. The number of halogens is 2. The fourth-order valence-corrected chi connectivity index (χ4v) is 4.77. The maximum Gasteiger partial charge on any atom is 0.265 e. The lowest BCUT2D eigenvalue weighted by Crippen LogP contribution is -2.38. The summed E-state index contributed by atoms with van der Waals surface area (Å²) in [5, 5.41) is 2.64. The second-order valence-corrected chi connectivity index (χ2v) is 9.22. The van der Waals surface area contributed by atoms with E-state index in [4.69, 9.17) is 9.47 Å². The van der Waals surface area contributed by atoms with Gasteiger partial charge in [-0.15, -0.1) is 0 Å². The predicted octanol–water partition coefficient (Wildman–Crippen LogP) is 4.44. The minimum Gasteiger partial charge on any atom is -0.493 e. The third-order valence-corrected chi connectivity index (χ3v) is 6.95. The molecule has 10 heteroatoms. The molecule has 0 fully saturated rings. The molecule has 0 aliphatic heterocycles. The number of methoxy groups -OCH3 is 2. The summed E-state index contributed by atoms with van der Waals surface area (Å²) in [6.07, 6.45) is 0. The zero-order valence-corrected chi connectivity index (χ0v) is 19.6. The van der Waals surface area contributed by atoms with Crippen molar-refractivity contribution >= 4 is 43.2 Å². The molecule has 0 aliphatic rings. The molecule has 0 unspecified atom stereocenters. The van der Waals surface area contributed by atoms with Gasteiger partial charge in [-0.25, -0.2) is 12.8 Å². The van der Waals surface area contributed by atoms with Crippen LogP contribution in [0.25, 0.3) is 0 Å². The van der Waals surface area contributed by atoms with Crippen molar-refractivity contribution in [3.05, 3.63) is 77.0 Å². The van der Waals surface area contributed by atoms with Crippen LogP contribution >= 0.6 is 15.9 Å². The summed E-state index contributed by atoms with van der Waals surface area (Å²) >= 11 is 3.32. The van der Waals surface area contributed by atoms with E-state index >= 15 is 0 Å². The van der Waals surface area contributed by atoms with Gasteiger partial charge in [0, 0.05) is 10.5 Å². The molecular weight excluding hydrogens is 503 g/mol. The van der Waals surface area contributed by atoms with Crippen molar-refractivity contribution in [1.82, 2.24) is 0 Å². The van der Waals surface area contributed by atoms with Crippen LogP contribution in [0.1, 0.15) is 0 Å². The largest absolute Gasteiger partial charge is 0.493 e. The maximum absolute atomic E-state index is 14.6. The normalized spacial score (nSPS) is 11.0. The summed E-state index contributed by atoms with van der Waals surface area (Å²) in [6.45, 7) is -0.654. The molecule has 0 saturated heterocycles. The average molecular weight is 523 g/mol. The number of carbonyl (C=O) groups excluding carboxylic acids is 1. The maximum atomic E-state index is 14.6. The standard InChI is InChI=1S/C22H20BrFN2O5S/c1-30-20-12-11-15(13-21(20)31-2)32(28,29)26(19-10-6-4-8-17(19)24)14-22(27)25-18-9-5-3-7-16(18)23/h3-13H,14H2,1-2H3,(H,25,27). The van der Waals surface area contributed by atoms with Crippen LogP contribution in [0, 0.1) is 5.82 Å². The van der Waals surface area contributed by atoms with Gasteiger partial charge in [-0.3, -0.25) is 9.10 Å². The van der Waals surface area contributed by atoms with Crippen molar-refractivity contribution in [3.8, 4) is 11.5 Å². The number of benzene rings is 3. The van der Waals surface area contributed by atoms with Crippen molar-refractivity contribution in [1.29, 1.82) is 0 Å². The molecule has 0 saturated carbocycles. The molecule has 0 aliphatic carbocycles. The van der Waals surface area contributed by atoms with E-state index in [0.29, 0.717) is 15.9 Å². The number of rotatable bonds is 8. The Kier molecular flexibility index (Phi) is 7.37. The number of amides is 1. The Morgan fingerprint density at radius 3 is 2.31 bits per heavy atom. The minimum absolute atomic E-state index is 0.180. The number of nitrogens with zero attached hydrogens (tertiary/aromatic N) is 1. The Balaban J connectivity index is 2.02. The molecule has 0 radical (unpaired) electrons. The first-order valence-corrected chi connectivity index (χ1v) is 11.5. The van der Waals surface area contributed by atoms with E-state index in [1.807, 2.05) is 0 Å². The van der Waals surface area contributed by atoms with Gasteiger partial charge >= 0.3 is 0 Å². The van der Waals surface area contributed by atoms with Crippen LogP contribution in [0.3, 0.4) is 0 Å². The fraction of sp³-hybridized carbons (Fsp3) is 0.136. The molecule has 1 amide bonds. The Morgan fingerprint density at radius 2 is 1.66 bits per heavy atom. The van der Waals surface area contributed by atoms with Gasteiger partial charge in [-0.2, -0.15) is 0 Å². The summed E-state index contributed by atoms with van der Waals surface area (Å²) in [5.74, 6) is -0.926. The van der Waals surface area contributed by atoms with Crippen molar-refractivity contribution in [2.45, 2.75) is 4.90 Å².